The molecule has 1 aromatic heterocycles. The Morgan fingerprint density at radius 3 is 2.48 bits per heavy atom. The van der Waals surface area contributed by atoms with E-state index < -0.39 is 0 Å². The zero-order valence-corrected chi connectivity index (χ0v) is 16.5. The van der Waals surface area contributed by atoms with Crippen LogP contribution in [0.1, 0.15) is 22.5 Å². The third kappa shape index (κ3) is 4.42. The second kappa shape index (κ2) is 8.00. The molecule has 0 fully saturated rings. The number of carbonyl (C=O) groups excluding carboxylic acids is 1. The van der Waals surface area contributed by atoms with Gasteiger partial charge in [0.2, 0.25) is 5.91 Å². The molecule has 0 aliphatic carbocycles. The van der Waals surface area contributed by atoms with Gasteiger partial charge in [0.25, 0.3) is 0 Å². The fourth-order valence-corrected chi connectivity index (χ4v) is 3.25. The summed E-state index contributed by atoms with van der Waals surface area (Å²) in [5.74, 6) is -0.853. The molecule has 3 rings (SSSR count). The number of nitrogens with zero attached hydrogens (tertiary/aromatic N) is 2. The highest BCUT2D eigenvalue weighted by Gasteiger charge is 2.16. The van der Waals surface area contributed by atoms with Crippen LogP contribution in [0.5, 0.6) is 0 Å². The van der Waals surface area contributed by atoms with Gasteiger partial charge in [-0.25, -0.2) is 13.5 Å². The Morgan fingerprint density at radius 2 is 1.78 bits per heavy atom. The van der Waals surface area contributed by atoms with E-state index in [-0.39, 0.29) is 30.5 Å². The molecule has 0 saturated carbocycles. The van der Waals surface area contributed by atoms with Crippen LogP contribution >= 0.6 is 15.9 Å². The molecule has 1 N–H and O–H groups in total. The Balaban J connectivity index is 1.72. The summed E-state index contributed by atoms with van der Waals surface area (Å²) in [6, 6.07) is 10.4. The van der Waals surface area contributed by atoms with Gasteiger partial charge in [-0.2, -0.15) is 5.10 Å². The average molecular weight is 434 g/mol. The maximum Gasteiger partial charge on any atom is 0.224 e. The summed E-state index contributed by atoms with van der Waals surface area (Å²) in [5, 5.41) is 7.27. The summed E-state index contributed by atoms with van der Waals surface area (Å²) in [6.45, 7) is 3.93. The predicted octanol–water partition coefficient (Wildman–Crippen LogP) is 4.39. The number of carbonyl (C=O) groups is 1. The molecule has 7 heteroatoms. The lowest BCUT2D eigenvalue weighted by molar-refractivity contribution is -0.120. The SMILES string of the molecule is Cc1nn(-c2ccc(F)cc2)c(C)c1CC(=O)NCc1cc(F)ccc1Br. The minimum atomic E-state index is -0.352. The molecule has 0 bridgehead atoms. The van der Waals surface area contributed by atoms with Crippen LogP contribution in [0, 0.1) is 25.5 Å². The molecule has 0 aliphatic heterocycles. The van der Waals surface area contributed by atoms with E-state index in [1.54, 1.807) is 22.9 Å². The van der Waals surface area contributed by atoms with E-state index >= 15 is 0 Å². The van der Waals surface area contributed by atoms with Crippen LogP contribution in [0.2, 0.25) is 0 Å². The van der Waals surface area contributed by atoms with Crippen LogP contribution in [0.25, 0.3) is 5.69 Å². The lowest BCUT2D eigenvalue weighted by atomic mass is 10.1. The van der Waals surface area contributed by atoms with Crippen molar-refractivity contribution in [2.45, 2.75) is 26.8 Å². The van der Waals surface area contributed by atoms with E-state index in [9.17, 15) is 13.6 Å². The number of benzene rings is 2. The van der Waals surface area contributed by atoms with Gasteiger partial charge in [-0.1, -0.05) is 15.9 Å². The molecular formula is C20H18BrF2N3O. The van der Waals surface area contributed by atoms with E-state index in [4.69, 9.17) is 0 Å². The second-order valence-electron chi connectivity index (χ2n) is 6.23. The Hall–Kier alpha value is -2.54. The molecule has 140 valence electrons. The Bertz CT molecular complexity index is 984. The van der Waals surface area contributed by atoms with Crippen molar-refractivity contribution in [2.75, 3.05) is 0 Å². The Labute approximate surface area is 164 Å². The maximum atomic E-state index is 13.3. The first-order chi connectivity index (χ1) is 12.8. The second-order valence-corrected chi connectivity index (χ2v) is 7.08. The van der Waals surface area contributed by atoms with Crippen LogP contribution < -0.4 is 5.32 Å². The quantitative estimate of drug-likeness (QED) is 0.648. The fourth-order valence-electron chi connectivity index (χ4n) is 2.86. The molecule has 1 amide bonds. The van der Waals surface area contributed by atoms with Crippen molar-refractivity contribution in [1.82, 2.24) is 15.1 Å². The van der Waals surface area contributed by atoms with E-state index in [0.717, 1.165) is 27.1 Å². The number of aromatic nitrogens is 2. The van der Waals surface area contributed by atoms with E-state index in [1.165, 1.54) is 24.3 Å². The highest BCUT2D eigenvalue weighted by molar-refractivity contribution is 9.10. The predicted molar refractivity (Wildman–Crippen MR) is 103 cm³/mol. The van der Waals surface area contributed by atoms with Crippen molar-refractivity contribution >= 4 is 21.8 Å². The highest BCUT2D eigenvalue weighted by atomic mass is 79.9. The van der Waals surface area contributed by atoms with Gasteiger partial charge in [-0.3, -0.25) is 4.79 Å². The van der Waals surface area contributed by atoms with Crippen LogP contribution in [0.15, 0.2) is 46.9 Å². The maximum absolute atomic E-state index is 13.3. The number of rotatable bonds is 5. The van der Waals surface area contributed by atoms with Crippen LogP contribution in [0.3, 0.4) is 0 Å². The summed E-state index contributed by atoms with van der Waals surface area (Å²) in [6.07, 6.45) is 0.159. The largest absolute Gasteiger partial charge is 0.352 e. The number of halogens is 3. The smallest absolute Gasteiger partial charge is 0.224 e. The summed E-state index contributed by atoms with van der Waals surface area (Å²) in [7, 11) is 0. The molecule has 2 aromatic carbocycles. The molecule has 0 radical (unpaired) electrons. The van der Waals surface area contributed by atoms with Crippen LogP contribution in [-0.4, -0.2) is 15.7 Å². The number of amides is 1. The molecule has 1 heterocycles. The molecular weight excluding hydrogens is 416 g/mol. The number of hydrogen-bond acceptors (Lipinski definition) is 2. The standard InChI is InChI=1S/C20H18BrF2N3O/c1-12-18(13(2)26(25-12)17-6-3-15(22)4-7-17)10-20(27)24-11-14-9-16(23)5-8-19(14)21/h3-9H,10-11H2,1-2H3,(H,24,27). The molecule has 0 spiro atoms. The minimum Gasteiger partial charge on any atom is -0.352 e. The first-order valence-corrected chi connectivity index (χ1v) is 9.16. The van der Waals surface area contributed by atoms with E-state index in [0.29, 0.717) is 5.56 Å². The van der Waals surface area contributed by atoms with Gasteiger partial charge in [0.15, 0.2) is 0 Å². The third-order valence-corrected chi connectivity index (χ3v) is 5.11. The van der Waals surface area contributed by atoms with Crippen molar-refractivity contribution in [1.29, 1.82) is 0 Å². The third-order valence-electron chi connectivity index (χ3n) is 4.33. The molecule has 27 heavy (non-hydrogen) atoms. The topological polar surface area (TPSA) is 46.9 Å². The molecule has 4 nitrogen and oxygen atoms in total. The van der Waals surface area contributed by atoms with Gasteiger partial charge in [-0.15, -0.1) is 0 Å². The van der Waals surface area contributed by atoms with Gasteiger partial charge in [0, 0.05) is 22.3 Å². The van der Waals surface area contributed by atoms with E-state index in [1.807, 2.05) is 13.8 Å². The first kappa shape index (κ1) is 19.2. The van der Waals surface area contributed by atoms with Gasteiger partial charge in [0.1, 0.15) is 11.6 Å². The normalized spacial score (nSPS) is 10.9. The van der Waals surface area contributed by atoms with Crippen molar-refractivity contribution in [2.24, 2.45) is 0 Å². The Kier molecular flexibility index (Phi) is 5.70. The van der Waals surface area contributed by atoms with Gasteiger partial charge in [0.05, 0.1) is 17.8 Å². The van der Waals surface area contributed by atoms with Crippen molar-refractivity contribution in [3.05, 3.63) is 81.1 Å². The Morgan fingerprint density at radius 1 is 1.11 bits per heavy atom. The summed E-state index contributed by atoms with van der Waals surface area (Å²) < 4.78 is 28.9. The van der Waals surface area contributed by atoms with E-state index in [2.05, 4.69) is 26.3 Å². The van der Waals surface area contributed by atoms with Gasteiger partial charge >= 0.3 is 0 Å². The zero-order chi connectivity index (χ0) is 19.6. The molecule has 0 unspecified atom stereocenters. The lowest BCUT2D eigenvalue weighted by Crippen LogP contribution is -2.25. The van der Waals surface area contributed by atoms with Crippen molar-refractivity contribution in [3.63, 3.8) is 0 Å². The summed E-state index contributed by atoms with van der Waals surface area (Å²) in [5.41, 5.74) is 3.77. The molecule has 0 atom stereocenters. The summed E-state index contributed by atoms with van der Waals surface area (Å²) >= 11 is 3.35. The molecule has 3 aromatic rings. The summed E-state index contributed by atoms with van der Waals surface area (Å²) in [4.78, 5) is 12.4. The fraction of sp³-hybridized carbons (Fsp3) is 0.200. The average Bonchev–Trinajstić information content (AvgIpc) is 2.91. The van der Waals surface area contributed by atoms with Crippen LogP contribution in [0.4, 0.5) is 8.78 Å². The zero-order valence-electron chi connectivity index (χ0n) is 14.9. The lowest BCUT2D eigenvalue weighted by Gasteiger charge is -2.08. The molecule has 0 aliphatic rings. The minimum absolute atomic E-state index is 0.159. The van der Waals surface area contributed by atoms with Gasteiger partial charge in [-0.05, 0) is 61.9 Å². The highest BCUT2D eigenvalue weighted by Crippen LogP contribution is 2.20. The van der Waals surface area contributed by atoms with Crippen LogP contribution in [-0.2, 0) is 17.8 Å². The molecule has 0 saturated heterocycles. The number of nitrogens with one attached hydrogen (secondary N) is 1. The first-order valence-electron chi connectivity index (χ1n) is 8.37. The van der Waals surface area contributed by atoms with Gasteiger partial charge < -0.3 is 5.32 Å². The van der Waals surface area contributed by atoms with Crippen molar-refractivity contribution in [3.8, 4) is 5.69 Å². The van der Waals surface area contributed by atoms with Crippen molar-refractivity contribution < 1.29 is 13.6 Å². The number of aryl methyl sites for hydroxylation is 1. The monoisotopic (exact) mass is 433 g/mol. The number of hydrogen-bond donors (Lipinski definition) is 1.